The van der Waals surface area contributed by atoms with Crippen LogP contribution in [0.15, 0.2) is 12.4 Å². The lowest BCUT2D eigenvalue weighted by molar-refractivity contribution is 1.28. The molecule has 0 N–H and O–H groups in total. The van der Waals surface area contributed by atoms with E-state index in [1.54, 1.807) is 0 Å². The molecule has 0 heterocycles. The summed E-state index contributed by atoms with van der Waals surface area (Å²) >= 11 is -0.408. The maximum Gasteiger partial charge on any atom is 0.176 e. The molecule has 0 atom stereocenters. The average Bonchev–Trinajstić information content (AvgIpc) is 2.68. The van der Waals surface area contributed by atoms with E-state index in [0.717, 1.165) is 0 Å². The molecule has 152 valence electrons. The van der Waals surface area contributed by atoms with Crippen LogP contribution in [-0.4, -0.2) is 55.5 Å². The van der Waals surface area contributed by atoms with E-state index in [4.69, 9.17) is 12.4 Å². The maximum absolute atomic E-state index is 5.48. The SMILES string of the molecule is CCP(CC)(CC)=NS(=N[P+](CC)(CC)CC)N=P(CC)(CC)CC. The number of hydrogen-bond donors (Lipinski definition) is 0. The summed E-state index contributed by atoms with van der Waals surface area (Å²) < 4.78 is 16.4. The van der Waals surface area contributed by atoms with Gasteiger partial charge >= 0.3 is 0 Å². The molecule has 0 rings (SSSR count). The molecule has 0 aromatic carbocycles. The van der Waals surface area contributed by atoms with Crippen molar-refractivity contribution in [3.63, 3.8) is 0 Å². The maximum atomic E-state index is 5.48. The molecule has 0 spiro atoms. The van der Waals surface area contributed by atoms with Crippen molar-refractivity contribution in [2.45, 2.75) is 62.3 Å². The number of hydrogen-bond acceptors (Lipinski definition) is 1. The average molecular weight is 429 g/mol. The normalized spacial score (nSPS) is 13.2. The zero-order valence-corrected chi connectivity index (χ0v) is 22.0. The smallest absolute Gasteiger partial charge is 0.176 e. The highest BCUT2D eigenvalue weighted by Crippen LogP contribution is 2.62. The van der Waals surface area contributed by atoms with Crippen LogP contribution >= 0.6 is 21.5 Å². The molecule has 0 aliphatic carbocycles. The Morgan fingerprint density at radius 3 is 1.04 bits per heavy atom. The fraction of sp³-hybridized carbons (Fsp3) is 1.00. The van der Waals surface area contributed by atoms with Gasteiger partial charge in [-0.1, -0.05) is 45.7 Å². The fourth-order valence-corrected chi connectivity index (χ4v) is 16.2. The van der Waals surface area contributed by atoms with Gasteiger partial charge in [-0.2, -0.15) is 0 Å². The van der Waals surface area contributed by atoms with Gasteiger partial charge in [-0.25, -0.2) is 8.30 Å². The lowest BCUT2D eigenvalue weighted by Gasteiger charge is -2.24. The van der Waals surface area contributed by atoms with Crippen molar-refractivity contribution in [3.8, 4) is 0 Å². The van der Waals surface area contributed by atoms with Crippen LogP contribution in [0.1, 0.15) is 62.3 Å². The summed E-state index contributed by atoms with van der Waals surface area (Å²) in [5.74, 6) is 0. The van der Waals surface area contributed by atoms with E-state index in [-0.39, 0.29) is 0 Å². The second-order valence-electron chi connectivity index (χ2n) is 6.62. The van der Waals surface area contributed by atoms with Crippen LogP contribution in [0.4, 0.5) is 0 Å². The Hall–Kier alpha value is 1.04. The van der Waals surface area contributed by atoms with Crippen LogP contribution in [0.3, 0.4) is 0 Å². The van der Waals surface area contributed by atoms with E-state index in [0.29, 0.717) is 0 Å². The molecular formula is C18H45N3P3S+. The topological polar surface area (TPSA) is 37.1 Å². The Kier molecular flexibility index (Phi) is 13.0. The molecule has 3 nitrogen and oxygen atoms in total. The van der Waals surface area contributed by atoms with Crippen LogP contribution < -0.4 is 0 Å². The molecule has 7 heteroatoms. The first kappa shape index (κ1) is 26.0. The summed E-state index contributed by atoms with van der Waals surface area (Å²) in [7, 11) is -3.73. The predicted molar refractivity (Wildman–Crippen MR) is 130 cm³/mol. The van der Waals surface area contributed by atoms with Crippen molar-refractivity contribution in [2.24, 2.45) is 12.4 Å². The van der Waals surface area contributed by atoms with Crippen LogP contribution in [0.5, 0.6) is 0 Å². The van der Waals surface area contributed by atoms with Crippen molar-refractivity contribution in [1.82, 2.24) is 0 Å². The van der Waals surface area contributed by atoms with Gasteiger partial charge in [0, 0.05) is 0 Å². The molecule has 0 aliphatic rings. The Labute approximate surface area is 162 Å². The van der Waals surface area contributed by atoms with Gasteiger partial charge in [0.15, 0.2) is 11.1 Å². The second kappa shape index (κ2) is 12.5. The molecule has 0 amide bonds. The van der Waals surface area contributed by atoms with Crippen LogP contribution in [0, 0.1) is 0 Å². The van der Waals surface area contributed by atoms with Crippen molar-refractivity contribution >= 4 is 32.6 Å². The summed E-state index contributed by atoms with van der Waals surface area (Å²) in [6.07, 6.45) is 10.9. The van der Waals surface area contributed by atoms with Gasteiger partial charge in [0.25, 0.3) is 0 Å². The summed E-state index contributed by atoms with van der Waals surface area (Å²) in [6, 6.07) is 0. The highest BCUT2D eigenvalue weighted by Gasteiger charge is 2.33. The molecule has 0 saturated heterocycles. The van der Waals surface area contributed by atoms with E-state index in [1.807, 2.05) is 0 Å². The minimum atomic E-state index is -1.24. The predicted octanol–water partition coefficient (Wildman–Crippen LogP) is 8.13. The zero-order chi connectivity index (χ0) is 19.6. The number of rotatable bonds is 12. The lowest BCUT2D eigenvalue weighted by atomic mass is 10.9. The van der Waals surface area contributed by atoms with E-state index < -0.39 is 32.6 Å². The first-order valence-electron chi connectivity index (χ1n) is 10.4. The molecule has 0 radical (unpaired) electrons. The molecule has 0 bridgehead atoms. The lowest BCUT2D eigenvalue weighted by Crippen LogP contribution is -2.02. The first-order chi connectivity index (χ1) is 11.8. The van der Waals surface area contributed by atoms with Gasteiger partial charge in [0.05, 0.1) is 18.5 Å². The third-order valence-electron chi connectivity index (χ3n) is 6.04. The zero-order valence-electron chi connectivity index (χ0n) is 18.5. The van der Waals surface area contributed by atoms with Crippen molar-refractivity contribution in [1.29, 1.82) is 0 Å². The fourth-order valence-electron chi connectivity index (χ4n) is 3.05. The molecule has 0 fully saturated rings. The van der Waals surface area contributed by atoms with Crippen molar-refractivity contribution in [3.05, 3.63) is 0 Å². The molecule has 0 aliphatic heterocycles. The molecule has 0 saturated carbocycles. The Balaban J connectivity index is 6.64. The Bertz CT molecular complexity index is 445. The van der Waals surface area contributed by atoms with Gasteiger partial charge < -0.3 is 0 Å². The first-order valence-corrected chi connectivity index (χ1v) is 18.3. The molecule has 0 unspecified atom stereocenters. The second-order valence-corrected chi connectivity index (χ2v) is 21.3. The van der Waals surface area contributed by atoms with Crippen LogP contribution in [0.2, 0.25) is 0 Å². The summed E-state index contributed by atoms with van der Waals surface area (Å²) in [6.45, 7) is 21.0. The van der Waals surface area contributed by atoms with Crippen molar-refractivity contribution < 1.29 is 0 Å². The van der Waals surface area contributed by atoms with E-state index in [2.05, 4.69) is 62.3 Å². The van der Waals surface area contributed by atoms with Gasteiger partial charge in [0.1, 0.15) is 7.41 Å². The molecule has 0 aromatic heterocycles. The van der Waals surface area contributed by atoms with Crippen molar-refractivity contribution in [2.75, 3.05) is 55.5 Å². The number of nitrogens with zero attached hydrogens (tertiary/aromatic N) is 3. The quantitative estimate of drug-likeness (QED) is 0.281. The van der Waals surface area contributed by atoms with Gasteiger partial charge in [-0.15, -0.1) is 0 Å². The highest BCUT2D eigenvalue weighted by molar-refractivity contribution is 7.97. The van der Waals surface area contributed by atoms with Crippen LogP contribution in [-0.2, 0) is 11.1 Å². The largest absolute Gasteiger partial charge is 0.203 e. The minimum absolute atomic E-state index is 0.408. The van der Waals surface area contributed by atoms with Gasteiger partial charge in [-0.3, -0.25) is 0 Å². The summed E-state index contributed by atoms with van der Waals surface area (Å²) in [4.78, 5) is 0. The van der Waals surface area contributed by atoms with Gasteiger partial charge in [0.2, 0.25) is 0 Å². The molecule has 25 heavy (non-hydrogen) atoms. The summed E-state index contributed by atoms with van der Waals surface area (Å²) in [5, 5.41) is 0. The van der Waals surface area contributed by atoms with Gasteiger partial charge in [-0.05, 0) is 71.9 Å². The third-order valence-corrected chi connectivity index (χ3v) is 22.5. The highest BCUT2D eigenvalue weighted by atomic mass is 32.2. The Morgan fingerprint density at radius 1 is 0.560 bits per heavy atom. The summed E-state index contributed by atoms with van der Waals surface area (Å²) in [5.41, 5.74) is 0. The minimum Gasteiger partial charge on any atom is -0.203 e. The van der Waals surface area contributed by atoms with E-state index >= 15 is 0 Å². The standard InChI is InChI=1S/C18H45N3P3S/c1-10-22(11-2,12-3)19-25(20-23(13-4,14-5)15-6)21-24(16-7,17-8)18-9/h10-18H2,1-9H3/q+1. The molecule has 0 aromatic rings. The van der Waals surface area contributed by atoms with E-state index in [1.165, 1.54) is 55.5 Å². The Morgan fingerprint density at radius 2 is 0.840 bits per heavy atom. The molecular weight excluding hydrogens is 383 g/mol. The van der Waals surface area contributed by atoms with Crippen LogP contribution in [0.25, 0.3) is 0 Å². The third kappa shape index (κ3) is 7.18. The van der Waals surface area contributed by atoms with E-state index in [9.17, 15) is 0 Å². The monoisotopic (exact) mass is 428 g/mol.